The molecule has 1 saturated carbocycles. The summed E-state index contributed by atoms with van der Waals surface area (Å²) in [6, 6.07) is 13.9. The van der Waals surface area contributed by atoms with Crippen molar-refractivity contribution in [1.82, 2.24) is 24.4 Å². The maximum Gasteiger partial charge on any atom is 0.356 e. The summed E-state index contributed by atoms with van der Waals surface area (Å²) in [5.74, 6) is 0.811. The van der Waals surface area contributed by atoms with E-state index in [2.05, 4.69) is 14.5 Å². The van der Waals surface area contributed by atoms with Gasteiger partial charge in [0.25, 0.3) is 0 Å². The summed E-state index contributed by atoms with van der Waals surface area (Å²) in [6.07, 6.45) is 4.74. The SMILES string of the molecule is COC(=O)c1ccc2nc(CN3CCC(c4cccc(OCc5ccc(C(=O)C6CC6)cc5F)n4)CC3)n(CC3CCO3)c2n1. The third kappa shape index (κ3) is 6.46. The van der Waals surface area contributed by atoms with Gasteiger partial charge < -0.3 is 18.8 Å². The monoisotopic (exact) mass is 613 g/mol. The fourth-order valence-corrected chi connectivity index (χ4v) is 6.09. The van der Waals surface area contributed by atoms with Gasteiger partial charge in [-0.1, -0.05) is 18.2 Å². The van der Waals surface area contributed by atoms with Gasteiger partial charge in [-0.25, -0.2) is 24.1 Å². The number of Topliss-reactive ketones (excluding diaryl/α,β-unsaturated/α-hetero) is 1. The highest BCUT2D eigenvalue weighted by Gasteiger charge is 2.31. The van der Waals surface area contributed by atoms with Crippen LogP contribution in [-0.4, -0.2) is 69.1 Å². The highest BCUT2D eigenvalue weighted by Crippen LogP contribution is 2.33. The number of fused-ring (bicyclic) bond motifs is 1. The van der Waals surface area contributed by atoms with E-state index in [9.17, 15) is 14.0 Å². The molecule has 3 aromatic heterocycles. The number of pyridine rings is 2. The first-order chi connectivity index (χ1) is 21.9. The van der Waals surface area contributed by atoms with Crippen molar-refractivity contribution >= 4 is 22.9 Å². The standard InChI is InChI=1S/C34H36FN5O5/c1-43-34(42)29-10-9-28-33(38-29)40(18-25-13-16-44-25)30(36-28)19-39-14-11-21(12-15-39)27-3-2-4-31(37-27)45-20-24-8-7-23(17-26(24)35)32(41)22-5-6-22/h2-4,7-10,17,21-22,25H,5-6,11-16,18-20H2,1H3. The molecular formula is C34H36FN5O5. The van der Waals surface area contributed by atoms with E-state index >= 15 is 0 Å². The average Bonchev–Trinajstić information content (AvgIpc) is 3.84. The average molecular weight is 614 g/mol. The first-order valence-corrected chi connectivity index (χ1v) is 15.7. The molecule has 0 radical (unpaired) electrons. The fourth-order valence-electron chi connectivity index (χ4n) is 6.09. The second-order valence-electron chi connectivity index (χ2n) is 12.1. The molecule has 2 aliphatic heterocycles. The third-order valence-corrected chi connectivity index (χ3v) is 9.02. The number of halogens is 1. The highest BCUT2D eigenvalue weighted by atomic mass is 19.1. The van der Waals surface area contributed by atoms with Gasteiger partial charge in [0, 0.05) is 41.3 Å². The van der Waals surface area contributed by atoms with Crippen LogP contribution in [0.5, 0.6) is 5.88 Å². The maximum absolute atomic E-state index is 14.7. The Bertz CT molecular complexity index is 1730. The summed E-state index contributed by atoms with van der Waals surface area (Å²) in [5.41, 5.74) is 3.47. The summed E-state index contributed by atoms with van der Waals surface area (Å²) >= 11 is 0. The molecule has 1 aliphatic carbocycles. The van der Waals surface area contributed by atoms with Crippen molar-refractivity contribution in [2.24, 2.45) is 5.92 Å². The zero-order valence-corrected chi connectivity index (χ0v) is 25.3. The molecular weight excluding hydrogens is 577 g/mol. The molecule has 11 heteroatoms. The minimum atomic E-state index is -0.473. The number of ether oxygens (including phenoxy) is 3. The zero-order valence-electron chi connectivity index (χ0n) is 25.3. The number of methoxy groups -OCH3 is 1. The Morgan fingerprint density at radius 3 is 2.53 bits per heavy atom. The second kappa shape index (κ2) is 12.6. The minimum Gasteiger partial charge on any atom is -0.473 e. The van der Waals surface area contributed by atoms with Crippen LogP contribution in [0.25, 0.3) is 11.2 Å². The number of carbonyl (C=O) groups excluding carboxylic acids is 2. The molecule has 1 aromatic carbocycles. The summed E-state index contributed by atoms with van der Waals surface area (Å²) in [6.45, 7) is 3.85. The van der Waals surface area contributed by atoms with E-state index in [0.717, 1.165) is 68.8 Å². The molecule has 45 heavy (non-hydrogen) atoms. The Morgan fingerprint density at radius 2 is 1.82 bits per heavy atom. The Balaban J connectivity index is 0.981. The number of likely N-dealkylation sites (tertiary alicyclic amines) is 1. The van der Waals surface area contributed by atoms with E-state index < -0.39 is 11.8 Å². The van der Waals surface area contributed by atoms with Crippen molar-refractivity contribution in [1.29, 1.82) is 0 Å². The predicted octanol–water partition coefficient (Wildman–Crippen LogP) is 5.09. The molecule has 0 N–H and O–H groups in total. The van der Waals surface area contributed by atoms with Gasteiger partial charge in [0.05, 0.1) is 26.3 Å². The first-order valence-electron chi connectivity index (χ1n) is 15.7. The van der Waals surface area contributed by atoms with Crippen molar-refractivity contribution in [2.75, 3.05) is 26.8 Å². The lowest BCUT2D eigenvalue weighted by molar-refractivity contribution is -0.0593. The Morgan fingerprint density at radius 1 is 1.00 bits per heavy atom. The number of nitrogens with zero attached hydrogens (tertiary/aromatic N) is 5. The molecule has 1 atom stereocenters. The van der Waals surface area contributed by atoms with Crippen LogP contribution in [0.15, 0.2) is 48.5 Å². The summed E-state index contributed by atoms with van der Waals surface area (Å²) in [7, 11) is 1.35. The molecule has 7 rings (SSSR count). The van der Waals surface area contributed by atoms with Crippen molar-refractivity contribution in [3.05, 3.63) is 82.7 Å². The second-order valence-corrected chi connectivity index (χ2v) is 12.1. The highest BCUT2D eigenvalue weighted by molar-refractivity contribution is 5.99. The lowest BCUT2D eigenvalue weighted by Crippen LogP contribution is -2.35. The van der Waals surface area contributed by atoms with Gasteiger partial charge >= 0.3 is 5.97 Å². The number of ketones is 1. The van der Waals surface area contributed by atoms with E-state index in [0.29, 0.717) is 35.7 Å². The third-order valence-electron chi connectivity index (χ3n) is 9.02. The number of imidazole rings is 1. The molecule has 3 aliphatic rings. The largest absolute Gasteiger partial charge is 0.473 e. The first kappa shape index (κ1) is 29.5. The Kier molecular flexibility index (Phi) is 8.29. The molecule has 5 heterocycles. The van der Waals surface area contributed by atoms with Gasteiger partial charge in [0.15, 0.2) is 17.1 Å². The number of aromatic nitrogens is 4. The number of carbonyl (C=O) groups is 2. The van der Waals surface area contributed by atoms with Crippen LogP contribution in [0.2, 0.25) is 0 Å². The van der Waals surface area contributed by atoms with Crippen LogP contribution in [0.4, 0.5) is 4.39 Å². The maximum atomic E-state index is 14.7. The Labute approximate surface area is 260 Å². The zero-order chi connectivity index (χ0) is 30.9. The lowest BCUT2D eigenvalue weighted by Gasteiger charge is -2.32. The van der Waals surface area contributed by atoms with Crippen LogP contribution in [0, 0.1) is 11.7 Å². The molecule has 234 valence electrons. The van der Waals surface area contributed by atoms with Gasteiger partial charge in [-0.15, -0.1) is 0 Å². The van der Waals surface area contributed by atoms with Gasteiger partial charge in [0.1, 0.15) is 23.8 Å². The van der Waals surface area contributed by atoms with Crippen molar-refractivity contribution in [2.45, 2.75) is 63.8 Å². The summed E-state index contributed by atoms with van der Waals surface area (Å²) < 4.78 is 33.3. The van der Waals surface area contributed by atoms with Gasteiger partial charge in [0.2, 0.25) is 5.88 Å². The topological polar surface area (TPSA) is 109 Å². The van der Waals surface area contributed by atoms with E-state index in [4.69, 9.17) is 24.2 Å². The molecule has 0 spiro atoms. The van der Waals surface area contributed by atoms with Crippen LogP contribution in [0.1, 0.15) is 76.0 Å². The summed E-state index contributed by atoms with van der Waals surface area (Å²) in [5, 5.41) is 0. The number of hydrogen-bond acceptors (Lipinski definition) is 9. The number of piperidine rings is 1. The molecule has 3 fully saturated rings. The Hall–Kier alpha value is -4.22. The molecule has 2 saturated heterocycles. The van der Waals surface area contributed by atoms with Crippen molar-refractivity contribution in [3.63, 3.8) is 0 Å². The number of benzene rings is 1. The quantitative estimate of drug-likeness (QED) is 0.169. The number of esters is 1. The van der Waals surface area contributed by atoms with E-state index in [1.165, 1.54) is 13.2 Å². The molecule has 4 aromatic rings. The van der Waals surface area contributed by atoms with Crippen LogP contribution < -0.4 is 4.74 Å². The molecule has 0 bridgehead atoms. The number of hydrogen-bond donors (Lipinski definition) is 0. The van der Waals surface area contributed by atoms with Crippen molar-refractivity contribution < 1.29 is 28.2 Å². The smallest absolute Gasteiger partial charge is 0.356 e. The van der Waals surface area contributed by atoms with Gasteiger partial charge in [-0.3, -0.25) is 9.69 Å². The molecule has 1 unspecified atom stereocenters. The van der Waals surface area contributed by atoms with Crippen molar-refractivity contribution in [3.8, 4) is 5.88 Å². The van der Waals surface area contributed by atoms with E-state index in [1.807, 2.05) is 18.2 Å². The van der Waals surface area contributed by atoms with Gasteiger partial charge in [-0.2, -0.15) is 0 Å². The van der Waals surface area contributed by atoms with Crippen LogP contribution in [0.3, 0.4) is 0 Å². The normalized spacial score (nSPS) is 18.9. The van der Waals surface area contributed by atoms with E-state index in [1.54, 1.807) is 24.3 Å². The minimum absolute atomic E-state index is 0.0231. The van der Waals surface area contributed by atoms with Crippen LogP contribution in [-0.2, 0) is 29.2 Å². The molecule has 0 amide bonds. The fraction of sp³-hybridized carbons (Fsp3) is 0.441. The van der Waals surface area contributed by atoms with Gasteiger partial charge in [-0.05, 0) is 69.5 Å². The van der Waals surface area contributed by atoms with Crippen LogP contribution >= 0.6 is 0 Å². The number of rotatable bonds is 11. The summed E-state index contributed by atoms with van der Waals surface area (Å²) in [4.78, 5) is 41.0. The lowest BCUT2D eigenvalue weighted by atomic mass is 9.93. The van der Waals surface area contributed by atoms with E-state index in [-0.39, 0.29) is 36.0 Å². The predicted molar refractivity (Wildman–Crippen MR) is 162 cm³/mol. The molecule has 10 nitrogen and oxygen atoms in total.